The van der Waals surface area contributed by atoms with Gasteiger partial charge in [0.15, 0.2) is 0 Å². The van der Waals surface area contributed by atoms with Crippen molar-refractivity contribution in [3.8, 4) is 0 Å². The van der Waals surface area contributed by atoms with Crippen molar-refractivity contribution in [3.63, 3.8) is 0 Å². The van der Waals surface area contributed by atoms with Crippen molar-refractivity contribution in [1.29, 1.82) is 5.41 Å². The summed E-state index contributed by atoms with van der Waals surface area (Å²) >= 11 is 0. The Morgan fingerprint density at radius 3 is 2.65 bits per heavy atom. The van der Waals surface area contributed by atoms with Gasteiger partial charge in [-0.3, -0.25) is 16.1 Å². The number of benzene rings is 2. The van der Waals surface area contributed by atoms with Gasteiger partial charge in [-0.2, -0.15) is 0 Å². The molecule has 2 aromatic rings. The maximum Gasteiger partial charge on any atom is 0.117 e. The van der Waals surface area contributed by atoms with Gasteiger partial charge in [0, 0.05) is 6.42 Å². The van der Waals surface area contributed by atoms with Gasteiger partial charge in [-0.25, -0.2) is 0 Å². The summed E-state index contributed by atoms with van der Waals surface area (Å²) in [6.07, 6.45) is 2.36. The molecule has 2 rings (SSSR count). The summed E-state index contributed by atoms with van der Waals surface area (Å²) in [5.41, 5.74) is 3.14. The standard InChI is InChI=1S/C14H16N2O/c15-14(16-17)7-3-4-11-8-9-12-5-1-2-6-13(12)10-11/h1-2,5-6,8-10,17H,3-4,7H2,(H2,15,16). The molecule has 3 heteroatoms. The molecule has 0 saturated heterocycles. The summed E-state index contributed by atoms with van der Waals surface area (Å²) < 4.78 is 0. The monoisotopic (exact) mass is 228 g/mol. The molecule has 0 saturated carbocycles. The van der Waals surface area contributed by atoms with E-state index in [1.807, 2.05) is 17.6 Å². The summed E-state index contributed by atoms with van der Waals surface area (Å²) in [7, 11) is 0. The molecular formula is C14H16N2O. The van der Waals surface area contributed by atoms with Gasteiger partial charge >= 0.3 is 0 Å². The van der Waals surface area contributed by atoms with E-state index in [1.54, 1.807) is 0 Å². The van der Waals surface area contributed by atoms with Crippen LogP contribution in [-0.2, 0) is 6.42 Å². The van der Waals surface area contributed by atoms with Crippen molar-refractivity contribution >= 4 is 16.6 Å². The molecule has 2 aromatic carbocycles. The van der Waals surface area contributed by atoms with E-state index in [0.29, 0.717) is 6.42 Å². The molecule has 88 valence electrons. The van der Waals surface area contributed by atoms with E-state index in [4.69, 9.17) is 10.6 Å². The van der Waals surface area contributed by atoms with Gasteiger partial charge in [0.05, 0.1) is 0 Å². The van der Waals surface area contributed by atoms with Gasteiger partial charge in [0.1, 0.15) is 5.84 Å². The number of hydroxylamine groups is 1. The lowest BCUT2D eigenvalue weighted by molar-refractivity contribution is 0.230. The summed E-state index contributed by atoms with van der Waals surface area (Å²) in [6.45, 7) is 0. The third-order valence-electron chi connectivity index (χ3n) is 2.84. The van der Waals surface area contributed by atoms with Crippen molar-refractivity contribution in [2.45, 2.75) is 19.3 Å². The van der Waals surface area contributed by atoms with E-state index in [0.717, 1.165) is 12.8 Å². The first-order chi connectivity index (χ1) is 8.29. The minimum Gasteiger partial charge on any atom is -0.290 e. The molecule has 0 heterocycles. The highest BCUT2D eigenvalue weighted by Crippen LogP contribution is 2.16. The van der Waals surface area contributed by atoms with Crippen LogP contribution >= 0.6 is 0 Å². The first kappa shape index (κ1) is 11.6. The molecule has 0 aliphatic carbocycles. The van der Waals surface area contributed by atoms with Crippen LogP contribution < -0.4 is 5.48 Å². The molecule has 0 amide bonds. The highest BCUT2D eigenvalue weighted by atomic mass is 16.5. The topological polar surface area (TPSA) is 56.1 Å². The second-order valence-electron chi connectivity index (χ2n) is 4.13. The van der Waals surface area contributed by atoms with E-state index in [9.17, 15) is 0 Å². The smallest absolute Gasteiger partial charge is 0.117 e. The van der Waals surface area contributed by atoms with Gasteiger partial charge in [-0.05, 0) is 29.2 Å². The predicted octanol–water partition coefficient (Wildman–Crippen LogP) is 3.12. The molecule has 3 N–H and O–H groups in total. The first-order valence-corrected chi connectivity index (χ1v) is 5.75. The number of hydrogen-bond acceptors (Lipinski definition) is 2. The van der Waals surface area contributed by atoms with Gasteiger partial charge in [-0.1, -0.05) is 42.5 Å². The van der Waals surface area contributed by atoms with Crippen molar-refractivity contribution in [3.05, 3.63) is 48.0 Å². The Kier molecular flexibility index (Phi) is 3.73. The first-order valence-electron chi connectivity index (χ1n) is 5.75. The molecule has 0 unspecified atom stereocenters. The van der Waals surface area contributed by atoms with Crippen molar-refractivity contribution in [2.75, 3.05) is 0 Å². The molecule has 0 spiro atoms. The van der Waals surface area contributed by atoms with Crippen LogP contribution in [0.2, 0.25) is 0 Å². The lowest BCUT2D eigenvalue weighted by atomic mass is 10.0. The van der Waals surface area contributed by atoms with E-state index >= 15 is 0 Å². The number of fused-ring (bicyclic) bond motifs is 1. The Bertz CT molecular complexity index is 522. The predicted molar refractivity (Wildman–Crippen MR) is 69.5 cm³/mol. The Labute approximate surface area is 101 Å². The van der Waals surface area contributed by atoms with Crippen LogP contribution in [0.25, 0.3) is 10.8 Å². The second kappa shape index (κ2) is 5.46. The lowest BCUT2D eigenvalue weighted by Crippen LogP contribution is -2.17. The minimum absolute atomic E-state index is 0.172. The molecule has 0 bridgehead atoms. The lowest BCUT2D eigenvalue weighted by Gasteiger charge is -2.04. The molecule has 17 heavy (non-hydrogen) atoms. The molecular weight excluding hydrogens is 212 g/mol. The summed E-state index contributed by atoms with van der Waals surface area (Å²) in [5.74, 6) is 0.172. The number of nitrogens with one attached hydrogen (secondary N) is 2. The van der Waals surface area contributed by atoms with Crippen molar-refractivity contribution < 1.29 is 5.21 Å². The average molecular weight is 228 g/mol. The highest BCUT2D eigenvalue weighted by molar-refractivity contribution is 5.83. The molecule has 0 aliphatic heterocycles. The SMILES string of the molecule is N=C(CCCc1ccc2ccccc2c1)NO. The second-order valence-corrected chi connectivity index (χ2v) is 4.13. The molecule has 0 radical (unpaired) electrons. The normalized spacial score (nSPS) is 10.4. The number of rotatable bonds is 4. The fourth-order valence-electron chi connectivity index (χ4n) is 1.92. The van der Waals surface area contributed by atoms with Crippen LogP contribution in [0.1, 0.15) is 18.4 Å². The highest BCUT2D eigenvalue weighted by Gasteiger charge is 1.98. The number of aryl methyl sites for hydroxylation is 1. The van der Waals surface area contributed by atoms with E-state index < -0.39 is 0 Å². The fraction of sp³-hybridized carbons (Fsp3) is 0.214. The average Bonchev–Trinajstić information content (AvgIpc) is 2.38. The Hall–Kier alpha value is -1.87. The fourth-order valence-corrected chi connectivity index (χ4v) is 1.92. The number of hydrogen-bond donors (Lipinski definition) is 3. The van der Waals surface area contributed by atoms with E-state index in [-0.39, 0.29) is 5.84 Å². The van der Waals surface area contributed by atoms with Crippen LogP contribution in [0.3, 0.4) is 0 Å². The van der Waals surface area contributed by atoms with Crippen LogP contribution in [-0.4, -0.2) is 11.0 Å². The van der Waals surface area contributed by atoms with Crippen LogP contribution in [0.4, 0.5) is 0 Å². The summed E-state index contributed by atoms with van der Waals surface area (Å²) in [6, 6.07) is 14.7. The largest absolute Gasteiger partial charge is 0.290 e. The quantitative estimate of drug-likeness (QED) is 0.428. The zero-order valence-electron chi connectivity index (χ0n) is 9.61. The maximum absolute atomic E-state index is 8.50. The molecule has 0 aromatic heterocycles. The third kappa shape index (κ3) is 3.04. The minimum atomic E-state index is 0.172. The Balaban J connectivity index is 2.02. The molecule has 3 nitrogen and oxygen atoms in total. The van der Waals surface area contributed by atoms with Crippen LogP contribution in [0.5, 0.6) is 0 Å². The van der Waals surface area contributed by atoms with Crippen LogP contribution in [0, 0.1) is 5.41 Å². The summed E-state index contributed by atoms with van der Waals surface area (Å²) in [5, 5.41) is 18.3. The Morgan fingerprint density at radius 2 is 1.88 bits per heavy atom. The van der Waals surface area contributed by atoms with E-state index in [2.05, 4.69) is 30.3 Å². The molecule has 0 aliphatic rings. The van der Waals surface area contributed by atoms with Gasteiger partial charge < -0.3 is 0 Å². The van der Waals surface area contributed by atoms with E-state index in [1.165, 1.54) is 16.3 Å². The zero-order valence-corrected chi connectivity index (χ0v) is 9.61. The number of amidine groups is 1. The van der Waals surface area contributed by atoms with Crippen molar-refractivity contribution in [2.24, 2.45) is 0 Å². The van der Waals surface area contributed by atoms with Gasteiger partial charge in [0.25, 0.3) is 0 Å². The van der Waals surface area contributed by atoms with Gasteiger partial charge in [0.2, 0.25) is 0 Å². The maximum atomic E-state index is 8.50. The van der Waals surface area contributed by atoms with Crippen molar-refractivity contribution in [1.82, 2.24) is 5.48 Å². The third-order valence-corrected chi connectivity index (χ3v) is 2.84. The van der Waals surface area contributed by atoms with Gasteiger partial charge in [-0.15, -0.1) is 0 Å². The Morgan fingerprint density at radius 1 is 1.12 bits per heavy atom. The zero-order chi connectivity index (χ0) is 12.1. The van der Waals surface area contributed by atoms with Crippen LogP contribution in [0.15, 0.2) is 42.5 Å². The molecule has 0 fully saturated rings. The molecule has 0 atom stereocenters. The summed E-state index contributed by atoms with van der Waals surface area (Å²) in [4.78, 5) is 0.